The van der Waals surface area contributed by atoms with Crippen LogP contribution in [0.1, 0.15) is 44.9 Å². The quantitative estimate of drug-likeness (QED) is 0.114. The molecule has 0 saturated carbocycles. The summed E-state index contributed by atoms with van der Waals surface area (Å²) in [4.78, 5) is 34.9. The Labute approximate surface area is 335 Å². The molecule has 0 aromatic carbocycles. The zero-order valence-electron chi connectivity index (χ0n) is 29.9. The highest BCUT2D eigenvalue weighted by molar-refractivity contribution is 6.98. The van der Waals surface area contributed by atoms with Gasteiger partial charge in [-0.05, 0) is 0 Å². The fraction of sp³-hybridized carbons (Fsp3) is 1.00. The van der Waals surface area contributed by atoms with Gasteiger partial charge in [0.1, 0.15) is 0 Å². The number of hydrogen-bond donors (Lipinski definition) is 3. The minimum atomic E-state index is -6.72. The Balaban J connectivity index is 2.61. The summed E-state index contributed by atoms with van der Waals surface area (Å²) in [6, 6.07) is -15.3. The largest absolute Gasteiger partial charge is 0.483 e. The van der Waals surface area contributed by atoms with Crippen LogP contribution in [0.5, 0.6) is 0 Å². The van der Waals surface area contributed by atoms with Crippen molar-refractivity contribution in [1.82, 2.24) is 0 Å². The van der Waals surface area contributed by atoms with Crippen LogP contribution in [0.25, 0.3) is 0 Å². The van der Waals surface area contributed by atoms with Gasteiger partial charge in [0.05, 0.1) is 0 Å². The second kappa shape index (κ2) is 18.0. The molecule has 3 fully saturated rings. The van der Waals surface area contributed by atoms with E-state index < -0.39 is 192 Å². The van der Waals surface area contributed by atoms with Crippen LogP contribution in [0.3, 0.4) is 0 Å². The maximum Gasteiger partial charge on any atom is 0.483 e. The molecular formula is C21H31F21O12Si7. The molecule has 0 aliphatic carbocycles. The lowest BCUT2D eigenvalue weighted by molar-refractivity contribution is -0.135. The van der Waals surface area contributed by atoms with E-state index >= 15 is 0 Å². The van der Waals surface area contributed by atoms with E-state index in [2.05, 4.69) is 0 Å². The van der Waals surface area contributed by atoms with E-state index in [1.165, 1.54) is 0 Å². The van der Waals surface area contributed by atoms with Crippen molar-refractivity contribution in [3.63, 3.8) is 0 Å². The first kappa shape index (κ1) is 54.9. The average Bonchev–Trinajstić information content (AvgIpc) is 2.98. The van der Waals surface area contributed by atoms with Crippen molar-refractivity contribution in [3.8, 4) is 0 Å². The number of halogens is 21. The second-order valence-corrected chi connectivity index (χ2v) is 34.2. The van der Waals surface area contributed by atoms with Crippen LogP contribution < -0.4 is 0 Å². The molecular weight excluding hydrogens is 1040 g/mol. The summed E-state index contributed by atoms with van der Waals surface area (Å²) in [5.41, 5.74) is 0. The summed E-state index contributed by atoms with van der Waals surface area (Å²) in [5.74, 6) is 0. The molecule has 3 rings (SSSR count). The first-order valence-electron chi connectivity index (χ1n) is 16.8. The first-order valence-corrected chi connectivity index (χ1v) is 30.4. The lowest BCUT2D eigenvalue weighted by Gasteiger charge is -2.57. The lowest BCUT2D eigenvalue weighted by Crippen LogP contribution is -2.82. The van der Waals surface area contributed by atoms with E-state index in [1.54, 1.807) is 0 Å². The highest BCUT2D eigenvalue weighted by atomic mass is 28.6. The second-order valence-electron chi connectivity index (χ2n) is 13.6. The smallest absolute Gasteiger partial charge is 0.391 e. The summed E-state index contributed by atoms with van der Waals surface area (Å²) in [5, 5.41) is 0. The molecule has 0 aromatic rings. The fourth-order valence-corrected chi connectivity index (χ4v) is 42.5. The maximum atomic E-state index is 13.9. The molecule has 40 heteroatoms. The van der Waals surface area contributed by atoms with Crippen molar-refractivity contribution in [2.75, 3.05) is 0 Å². The minimum Gasteiger partial charge on any atom is -0.391 e. The van der Waals surface area contributed by atoms with E-state index in [4.69, 9.17) is 37.0 Å². The van der Waals surface area contributed by atoms with Gasteiger partial charge in [-0.15, -0.1) is 0 Å². The van der Waals surface area contributed by atoms with Gasteiger partial charge >= 0.3 is 105 Å². The van der Waals surface area contributed by atoms with Gasteiger partial charge in [0, 0.05) is 87.3 Å². The lowest BCUT2D eigenvalue weighted by atomic mass is 10.5. The molecule has 0 radical (unpaired) electrons. The molecule has 0 aromatic heterocycles. The summed E-state index contributed by atoms with van der Waals surface area (Å²) in [7, 11) is -46.9. The van der Waals surface area contributed by atoms with Crippen LogP contribution in [0.4, 0.5) is 92.2 Å². The highest BCUT2D eigenvalue weighted by Gasteiger charge is 2.77. The molecule has 362 valence electrons. The Bertz CT molecular complexity index is 1300. The molecule has 0 atom stereocenters. The highest BCUT2D eigenvalue weighted by Crippen LogP contribution is 2.51. The molecule has 0 amide bonds. The van der Waals surface area contributed by atoms with Gasteiger partial charge in [0.15, 0.2) is 0 Å². The van der Waals surface area contributed by atoms with E-state index in [9.17, 15) is 107 Å². The van der Waals surface area contributed by atoms with E-state index in [0.29, 0.717) is 0 Å². The van der Waals surface area contributed by atoms with Gasteiger partial charge < -0.3 is 51.4 Å². The number of alkyl halides is 21. The molecule has 4 bridgehead atoms. The van der Waals surface area contributed by atoms with Gasteiger partial charge in [-0.1, -0.05) is 0 Å². The maximum absolute atomic E-state index is 13.9. The van der Waals surface area contributed by atoms with Crippen molar-refractivity contribution in [2.24, 2.45) is 0 Å². The Morgan fingerprint density at radius 2 is 0.361 bits per heavy atom. The average molecular weight is 1070 g/mol. The molecule has 0 unspecified atom stereocenters. The van der Waals surface area contributed by atoms with E-state index in [1.807, 2.05) is 0 Å². The fourth-order valence-electron chi connectivity index (χ4n) is 5.48. The number of rotatable bonds is 14. The van der Waals surface area contributed by atoms with Gasteiger partial charge in [0.25, 0.3) is 0 Å². The van der Waals surface area contributed by atoms with Crippen LogP contribution in [0.15, 0.2) is 0 Å². The van der Waals surface area contributed by atoms with Gasteiger partial charge in [-0.25, -0.2) is 0 Å². The van der Waals surface area contributed by atoms with Gasteiger partial charge in [0.2, 0.25) is 0 Å². The van der Waals surface area contributed by atoms with Crippen molar-refractivity contribution in [2.45, 2.75) is 130 Å². The molecule has 3 saturated heterocycles. The van der Waals surface area contributed by atoms with Gasteiger partial charge in [-0.3, -0.25) is 0 Å². The molecule has 3 N–H and O–H groups in total. The summed E-state index contributed by atoms with van der Waals surface area (Å²) in [6.07, 6.45) is -56.1. The van der Waals surface area contributed by atoms with Crippen LogP contribution >= 0.6 is 0 Å². The van der Waals surface area contributed by atoms with Crippen LogP contribution in [0, 0.1) is 0 Å². The van der Waals surface area contributed by atoms with E-state index in [0.717, 1.165) is 0 Å². The van der Waals surface area contributed by atoms with Crippen molar-refractivity contribution in [1.29, 1.82) is 0 Å². The Kier molecular flexibility index (Phi) is 16.2. The SMILES string of the molecule is O[Si]1(CCC(F)(F)F)O[Si]2(CCC(F)(F)F)O[Si](O)(CCC(F)(F)F)O[Si]3(CCC(F)(F)F)O[Si](O)(CCC(F)(F)F)O[Si](CCC(F)(F)F)(O1)O[Si](CCC(F)(F)F)(O2)O3. The Morgan fingerprint density at radius 3 is 0.508 bits per heavy atom. The van der Waals surface area contributed by atoms with Crippen LogP contribution in [0.2, 0.25) is 42.3 Å². The van der Waals surface area contributed by atoms with Crippen LogP contribution in [-0.2, 0) is 37.0 Å². The number of fused-ring (bicyclic) bond motifs is 3. The Hall–Kier alpha value is -0.432. The third-order valence-corrected chi connectivity index (χ3v) is 36.5. The molecule has 3 aliphatic heterocycles. The first-order chi connectivity index (χ1) is 26.8. The Morgan fingerprint density at radius 1 is 0.230 bits per heavy atom. The normalized spacial score (nSPS) is 35.0. The molecule has 3 heterocycles. The molecule has 12 nitrogen and oxygen atoms in total. The molecule has 3 aliphatic rings. The standard InChI is InChI=1S/C21H31F21O12Si7/c22-15(23,24)1-8-55(43)46-58(11-4-18(31,32)33)48-56(44,9-2-16(25,26)27)50-60(13-6-20(37,38)39)51-57(45,10-3-17(28,29)30)49-59(47-55,12-5-19(34,35)36)53-61(52-58,54-60)14-7-21(40,41)42/h43-45H,1-14H2. The zero-order chi connectivity index (χ0) is 47.3. The minimum absolute atomic E-state index is 2.17. The topological polar surface area (TPSA) is 144 Å². The third kappa shape index (κ3) is 18.8. The molecule has 0 spiro atoms. The zero-order valence-corrected chi connectivity index (χ0v) is 36.9. The predicted octanol–water partition coefficient (Wildman–Crippen LogP) is 8.39. The number of hydrogen-bond acceptors (Lipinski definition) is 12. The summed E-state index contributed by atoms with van der Waals surface area (Å²) in [6.45, 7) is 0. The van der Waals surface area contributed by atoms with E-state index in [-0.39, 0.29) is 0 Å². The van der Waals surface area contributed by atoms with Crippen molar-refractivity contribution in [3.05, 3.63) is 0 Å². The summed E-state index contributed by atoms with van der Waals surface area (Å²) < 4.78 is 336. The third-order valence-electron chi connectivity index (χ3n) is 7.85. The van der Waals surface area contributed by atoms with Crippen molar-refractivity contribution >= 4 is 61.6 Å². The monoisotopic (exact) mass is 1070 g/mol. The van der Waals surface area contributed by atoms with Gasteiger partial charge in [-0.2, -0.15) is 92.2 Å². The van der Waals surface area contributed by atoms with Crippen molar-refractivity contribution < 1.29 is 144 Å². The van der Waals surface area contributed by atoms with Crippen LogP contribution in [-0.4, -0.2) is 119 Å². The predicted molar refractivity (Wildman–Crippen MR) is 165 cm³/mol. The summed E-state index contributed by atoms with van der Waals surface area (Å²) >= 11 is 0. The molecule has 61 heavy (non-hydrogen) atoms.